The van der Waals surface area contributed by atoms with E-state index in [9.17, 15) is 13.2 Å². The molecule has 0 aromatic heterocycles. The van der Waals surface area contributed by atoms with Gasteiger partial charge in [-0.05, 0) is 25.2 Å². The van der Waals surface area contributed by atoms with E-state index in [4.69, 9.17) is 12.2 Å². The SMILES string of the molecule is C#CCN(C(=O)C1(N)CCCC(C)C1)C1CCS(=O)(=O)C1. The van der Waals surface area contributed by atoms with E-state index in [0.29, 0.717) is 25.2 Å². The number of sulfone groups is 1. The Morgan fingerprint density at radius 2 is 2.19 bits per heavy atom. The predicted octanol–water partition coefficient (Wildman–Crippen LogP) is 0.543. The standard InChI is InChI=1S/C15H24N2O3S/c1-3-8-17(13-6-9-21(19,20)11-13)14(18)15(16)7-4-5-12(2)10-15/h1,12-13H,4-11,16H2,2H3. The highest BCUT2D eigenvalue weighted by molar-refractivity contribution is 7.91. The summed E-state index contributed by atoms with van der Waals surface area (Å²) in [5, 5.41) is 0. The molecule has 2 rings (SSSR count). The molecule has 6 heteroatoms. The summed E-state index contributed by atoms with van der Waals surface area (Å²) < 4.78 is 23.3. The zero-order valence-electron chi connectivity index (χ0n) is 12.5. The molecule has 1 amide bonds. The Morgan fingerprint density at radius 3 is 2.71 bits per heavy atom. The molecule has 1 saturated carbocycles. The lowest BCUT2D eigenvalue weighted by atomic mass is 9.76. The summed E-state index contributed by atoms with van der Waals surface area (Å²) in [5.74, 6) is 2.84. The molecule has 1 heterocycles. The third kappa shape index (κ3) is 3.58. The van der Waals surface area contributed by atoms with Crippen molar-refractivity contribution in [2.45, 2.75) is 50.6 Å². The van der Waals surface area contributed by atoms with E-state index in [1.54, 1.807) is 0 Å². The fraction of sp³-hybridized carbons (Fsp3) is 0.800. The van der Waals surface area contributed by atoms with Crippen LogP contribution in [0.2, 0.25) is 0 Å². The Bertz CT molecular complexity index is 552. The normalized spacial score (nSPS) is 35.1. The summed E-state index contributed by atoms with van der Waals surface area (Å²) in [6, 6.07) is -0.323. The number of rotatable bonds is 3. The van der Waals surface area contributed by atoms with Crippen LogP contribution >= 0.6 is 0 Å². The van der Waals surface area contributed by atoms with E-state index >= 15 is 0 Å². The van der Waals surface area contributed by atoms with Gasteiger partial charge in [0, 0.05) is 6.04 Å². The lowest BCUT2D eigenvalue weighted by molar-refractivity contribution is -0.140. The fourth-order valence-electron chi connectivity index (χ4n) is 3.56. The summed E-state index contributed by atoms with van der Waals surface area (Å²) >= 11 is 0. The first-order valence-electron chi connectivity index (χ1n) is 7.51. The molecule has 2 fully saturated rings. The van der Waals surface area contributed by atoms with Crippen LogP contribution < -0.4 is 5.73 Å². The molecule has 0 spiro atoms. The summed E-state index contributed by atoms with van der Waals surface area (Å²) in [7, 11) is -3.06. The number of carbonyl (C=O) groups excluding carboxylic acids is 1. The lowest BCUT2D eigenvalue weighted by Crippen LogP contribution is -2.59. The number of amides is 1. The van der Waals surface area contributed by atoms with Crippen LogP contribution in [0.25, 0.3) is 0 Å². The smallest absolute Gasteiger partial charge is 0.243 e. The molecule has 2 N–H and O–H groups in total. The van der Waals surface area contributed by atoms with Gasteiger partial charge in [0.1, 0.15) is 0 Å². The van der Waals surface area contributed by atoms with Crippen molar-refractivity contribution in [1.29, 1.82) is 0 Å². The first-order chi connectivity index (χ1) is 9.77. The van der Waals surface area contributed by atoms with Gasteiger partial charge in [0.2, 0.25) is 5.91 Å². The molecular formula is C15H24N2O3S. The van der Waals surface area contributed by atoms with Gasteiger partial charge in [0.25, 0.3) is 0 Å². The van der Waals surface area contributed by atoms with Crippen molar-refractivity contribution in [2.24, 2.45) is 11.7 Å². The van der Waals surface area contributed by atoms with Crippen molar-refractivity contribution in [3.8, 4) is 12.3 Å². The number of nitrogens with two attached hydrogens (primary N) is 1. The lowest BCUT2D eigenvalue weighted by Gasteiger charge is -2.40. The van der Waals surface area contributed by atoms with E-state index in [2.05, 4.69) is 12.8 Å². The summed E-state index contributed by atoms with van der Waals surface area (Å²) in [4.78, 5) is 14.4. The highest BCUT2D eigenvalue weighted by atomic mass is 32.2. The number of hydrogen-bond acceptors (Lipinski definition) is 4. The molecular weight excluding hydrogens is 288 g/mol. The molecule has 0 aromatic carbocycles. The van der Waals surface area contributed by atoms with Gasteiger partial charge in [-0.3, -0.25) is 4.79 Å². The monoisotopic (exact) mass is 312 g/mol. The van der Waals surface area contributed by atoms with E-state index in [1.807, 2.05) is 0 Å². The van der Waals surface area contributed by atoms with Crippen molar-refractivity contribution in [3.63, 3.8) is 0 Å². The minimum atomic E-state index is -3.06. The Kier molecular flexibility index (Phi) is 4.64. The van der Waals surface area contributed by atoms with Crippen LogP contribution in [-0.2, 0) is 14.6 Å². The maximum atomic E-state index is 12.9. The Hall–Kier alpha value is -1.06. The highest BCUT2D eigenvalue weighted by Gasteiger charge is 2.44. The third-order valence-electron chi connectivity index (χ3n) is 4.63. The minimum Gasteiger partial charge on any atom is -0.326 e. The summed E-state index contributed by atoms with van der Waals surface area (Å²) in [6.45, 7) is 2.23. The van der Waals surface area contributed by atoms with Gasteiger partial charge in [0.05, 0.1) is 23.6 Å². The van der Waals surface area contributed by atoms with Gasteiger partial charge < -0.3 is 10.6 Å². The first kappa shape index (κ1) is 16.3. The minimum absolute atomic E-state index is 0.00601. The van der Waals surface area contributed by atoms with Crippen LogP contribution in [0.5, 0.6) is 0 Å². The van der Waals surface area contributed by atoms with Crippen molar-refractivity contribution >= 4 is 15.7 Å². The molecule has 2 aliphatic rings. The second-order valence-corrected chi connectivity index (χ2v) is 8.78. The number of nitrogens with zero attached hydrogens (tertiary/aromatic N) is 1. The zero-order valence-corrected chi connectivity index (χ0v) is 13.4. The Labute approximate surface area is 127 Å². The van der Waals surface area contributed by atoms with Crippen LogP contribution in [0.3, 0.4) is 0 Å². The van der Waals surface area contributed by atoms with E-state index in [0.717, 1.165) is 12.8 Å². The maximum Gasteiger partial charge on any atom is 0.243 e. The Morgan fingerprint density at radius 1 is 1.48 bits per heavy atom. The predicted molar refractivity (Wildman–Crippen MR) is 82.2 cm³/mol. The molecule has 1 saturated heterocycles. The van der Waals surface area contributed by atoms with Gasteiger partial charge in [-0.15, -0.1) is 6.42 Å². The van der Waals surface area contributed by atoms with Gasteiger partial charge in [-0.1, -0.05) is 25.7 Å². The third-order valence-corrected chi connectivity index (χ3v) is 6.38. The molecule has 3 atom stereocenters. The van der Waals surface area contributed by atoms with Gasteiger partial charge in [-0.25, -0.2) is 8.42 Å². The van der Waals surface area contributed by atoms with Gasteiger partial charge in [-0.2, -0.15) is 0 Å². The zero-order chi connectivity index (χ0) is 15.7. The van der Waals surface area contributed by atoms with Crippen LogP contribution in [0.4, 0.5) is 0 Å². The molecule has 3 unspecified atom stereocenters. The van der Waals surface area contributed by atoms with Crippen LogP contribution in [0, 0.1) is 18.3 Å². The van der Waals surface area contributed by atoms with E-state index < -0.39 is 15.4 Å². The van der Waals surface area contributed by atoms with Crippen molar-refractivity contribution in [1.82, 2.24) is 4.90 Å². The van der Waals surface area contributed by atoms with E-state index in [1.165, 1.54) is 4.90 Å². The fourth-order valence-corrected chi connectivity index (χ4v) is 5.29. The molecule has 21 heavy (non-hydrogen) atoms. The first-order valence-corrected chi connectivity index (χ1v) is 9.33. The number of carbonyl (C=O) groups is 1. The number of hydrogen-bond donors (Lipinski definition) is 1. The number of terminal acetylenes is 1. The molecule has 5 nitrogen and oxygen atoms in total. The topological polar surface area (TPSA) is 80.5 Å². The van der Waals surface area contributed by atoms with Crippen molar-refractivity contribution < 1.29 is 13.2 Å². The average molecular weight is 312 g/mol. The maximum absolute atomic E-state index is 12.9. The average Bonchev–Trinajstić information content (AvgIpc) is 2.75. The van der Waals surface area contributed by atoms with Crippen LogP contribution in [0.15, 0.2) is 0 Å². The van der Waals surface area contributed by atoms with Gasteiger partial charge in [0.15, 0.2) is 9.84 Å². The quantitative estimate of drug-likeness (QED) is 0.772. The second-order valence-electron chi connectivity index (χ2n) is 6.55. The van der Waals surface area contributed by atoms with Crippen LogP contribution in [-0.4, -0.2) is 48.9 Å². The van der Waals surface area contributed by atoms with Crippen molar-refractivity contribution in [3.05, 3.63) is 0 Å². The molecule has 118 valence electrons. The molecule has 1 aliphatic heterocycles. The molecule has 0 radical (unpaired) electrons. The Balaban J connectivity index is 2.18. The highest BCUT2D eigenvalue weighted by Crippen LogP contribution is 2.33. The van der Waals surface area contributed by atoms with Gasteiger partial charge >= 0.3 is 0 Å². The van der Waals surface area contributed by atoms with E-state index in [-0.39, 0.29) is 30.0 Å². The van der Waals surface area contributed by atoms with Crippen LogP contribution in [0.1, 0.15) is 39.0 Å². The largest absolute Gasteiger partial charge is 0.326 e. The summed E-state index contributed by atoms with van der Waals surface area (Å²) in [6.07, 6.45) is 9.13. The molecule has 0 bridgehead atoms. The summed E-state index contributed by atoms with van der Waals surface area (Å²) in [5.41, 5.74) is 5.46. The van der Waals surface area contributed by atoms with Crippen molar-refractivity contribution in [2.75, 3.05) is 18.1 Å². The molecule has 0 aromatic rings. The second kappa shape index (κ2) is 5.98. The molecule has 1 aliphatic carbocycles.